The molecule has 0 aliphatic carbocycles. The number of rotatable bonds is 8. The Balaban J connectivity index is 2.12. The molecule has 26 heavy (non-hydrogen) atoms. The number of nitrogens with zero attached hydrogens (tertiary/aromatic N) is 1. The highest BCUT2D eigenvalue weighted by atomic mass is 35.5. The molecule has 6 nitrogen and oxygen atoms in total. The van der Waals surface area contributed by atoms with Gasteiger partial charge in [-0.2, -0.15) is 0 Å². The second kappa shape index (κ2) is 9.52. The van der Waals surface area contributed by atoms with Gasteiger partial charge in [0.15, 0.2) is 12.4 Å². The zero-order valence-electron chi connectivity index (χ0n) is 15.2. The van der Waals surface area contributed by atoms with Crippen LogP contribution in [0.5, 0.6) is 5.75 Å². The number of pyridine rings is 1. The maximum atomic E-state index is 12.7. The Morgan fingerprint density at radius 2 is 1.96 bits per heavy atom. The van der Waals surface area contributed by atoms with E-state index in [1.807, 2.05) is 13.0 Å². The van der Waals surface area contributed by atoms with Crippen molar-refractivity contribution in [3.05, 3.63) is 58.9 Å². The smallest absolute Gasteiger partial charge is 0.261 e. The standard InChI is InChI=1S/C19H23ClN2O4/c1-12-10-15(20)7-8-16(12)26-13(2)18(23)22-17(19(24-3)25-4)14-6-5-9-21-11-14/h5-11,13,17,19H,1-4H3,(H,22,23). The first-order valence-electron chi connectivity index (χ1n) is 8.15. The lowest BCUT2D eigenvalue weighted by Crippen LogP contribution is -2.43. The Morgan fingerprint density at radius 3 is 2.54 bits per heavy atom. The molecule has 0 radical (unpaired) electrons. The third kappa shape index (κ3) is 5.17. The van der Waals surface area contributed by atoms with Crippen molar-refractivity contribution in [1.29, 1.82) is 0 Å². The van der Waals surface area contributed by atoms with Crippen molar-refractivity contribution in [1.82, 2.24) is 10.3 Å². The molecule has 1 N–H and O–H groups in total. The van der Waals surface area contributed by atoms with Gasteiger partial charge < -0.3 is 19.5 Å². The Bertz CT molecular complexity index is 723. The van der Waals surface area contributed by atoms with Gasteiger partial charge in [-0.3, -0.25) is 9.78 Å². The number of methoxy groups -OCH3 is 2. The molecule has 1 heterocycles. The number of hydrogen-bond donors (Lipinski definition) is 1. The molecule has 1 aromatic carbocycles. The summed E-state index contributed by atoms with van der Waals surface area (Å²) >= 11 is 5.95. The molecule has 2 rings (SSSR count). The Kier molecular flexibility index (Phi) is 7.38. The van der Waals surface area contributed by atoms with E-state index in [1.54, 1.807) is 43.6 Å². The lowest BCUT2D eigenvalue weighted by atomic mass is 10.1. The number of aryl methyl sites for hydroxylation is 1. The van der Waals surface area contributed by atoms with E-state index in [2.05, 4.69) is 10.3 Å². The number of carbonyl (C=O) groups excluding carboxylic acids is 1. The second-order valence-electron chi connectivity index (χ2n) is 5.78. The fourth-order valence-corrected chi connectivity index (χ4v) is 2.72. The molecule has 0 aliphatic rings. The van der Waals surface area contributed by atoms with Gasteiger partial charge in [-0.1, -0.05) is 17.7 Å². The molecule has 0 fully saturated rings. The zero-order chi connectivity index (χ0) is 19.1. The highest BCUT2D eigenvalue weighted by molar-refractivity contribution is 6.30. The van der Waals surface area contributed by atoms with Crippen LogP contribution in [0.3, 0.4) is 0 Å². The number of halogens is 1. The Labute approximate surface area is 158 Å². The molecule has 0 saturated heterocycles. The van der Waals surface area contributed by atoms with Crippen molar-refractivity contribution < 1.29 is 19.0 Å². The van der Waals surface area contributed by atoms with Crippen LogP contribution in [-0.4, -0.2) is 37.5 Å². The number of aromatic nitrogens is 1. The molecule has 0 spiro atoms. The maximum Gasteiger partial charge on any atom is 0.261 e. The molecule has 1 amide bonds. The number of ether oxygens (including phenoxy) is 3. The summed E-state index contributed by atoms with van der Waals surface area (Å²) in [6.45, 7) is 3.55. The van der Waals surface area contributed by atoms with Gasteiger partial charge in [0.05, 0.1) is 0 Å². The average molecular weight is 379 g/mol. The molecule has 2 unspecified atom stereocenters. The number of benzene rings is 1. The third-order valence-electron chi connectivity index (χ3n) is 3.89. The summed E-state index contributed by atoms with van der Waals surface area (Å²) in [4.78, 5) is 16.7. The zero-order valence-corrected chi connectivity index (χ0v) is 16.0. The predicted molar refractivity (Wildman–Crippen MR) is 99.2 cm³/mol. The second-order valence-corrected chi connectivity index (χ2v) is 6.22. The van der Waals surface area contributed by atoms with Gasteiger partial charge >= 0.3 is 0 Å². The van der Waals surface area contributed by atoms with Crippen LogP contribution >= 0.6 is 11.6 Å². The van der Waals surface area contributed by atoms with Gasteiger partial charge in [-0.25, -0.2) is 0 Å². The number of hydrogen-bond acceptors (Lipinski definition) is 5. The van der Waals surface area contributed by atoms with E-state index in [0.717, 1.165) is 11.1 Å². The van der Waals surface area contributed by atoms with Crippen LogP contribution in [-0.2, 0) is 14.3 Å². The van der Waals surface area contributed by atoms with Crippen molar-refractivity contribution in [2.75, 3.05) is 14.2 Å². The van der Waals surface area contributed by atoms with Crippen LogP contribution in [0.1, 0.15) is 24.1 Å². The van der Waals surface area contributed by atoms with Crippen molar-refractivity contribution >= 4 is 17.5 Å². The number of nitrogens with one attached hydrogen (secondary N) is 1. The molecule has 2 atom stereocenters. The van der Waals surface area contributed by atoms with Gasteiger partial charge in [-0.15, -0.1) is 0 Å². The van der Waals surface area contributed by atoms with Crippen LogP contribution in [0.2, 0.25) is 5.02 Å². The first-order valence-corrected chi connectivity index (χ1v) is 8.52. The van der Waals surface area contributed by atoms with Gasteiger partial charge in [0, 0.05) is 31.6 Å². The van der Waals surface area contributed by atoms with E-state index in [4.69, 9.17) is 25.8 Å². The summed E-state index contributed by atoms with van der Waals surface area (Å²) in [5.41, 5.74) is 1.62. The van der Waals surface area contributed by atoms with Gasteiger partial charge in [0.2, 0.25) is 0 Å². The summed E-state index contributed by atoms with van der Waals surface area (Å²) in [6, 6.07) is 8.35. The van der Waals surface area contributed by atoms with E-state index in [0.29, 0.717) is 10.8 Å². The highest BCUT2D eigenvalue weighted by Crippen LogP contribution is 2.24. The molecule has 0 aliphatic heterocycles. The van der Waals surface area contributed by atoms with E-state index in [-0.39, 0.29) is 5.91 Å². The quantitative estimate of drug-likeness (QED) is 0.714. The molecule has 7 heteroatoms. The molecule has 2 aromatic rings. The maximum absolute atomic E-state index is 12.7. The van der Waals surface area contributed by atoms with Gasteiger partial charge in [-0.05, 0) is 49.2 Å². The highest BCUT2D eigenvalue weighted by Gasteiger charge is 2.27. The summed E-state index contributed by atoms with van der Waals surface area (Å²) < 4.78 is 16.4. The third-order valence-corrected chi connectivity index (χ3v) is 4.12. The average Bonchev–Trinajstić information content (AvgIpc) is 2.64. The predicted octanol–water partition coefficient (Wildman–Crippen LogP) is 3.29. The lowest BCUT2D eigenvalue weighted by molar-refractivity contribution is -0.142. The molecule has 1 aromatic heterocycles. The minimum Gasteiger partial charge on any atom is -0.481 e. The van der Waals surface area contributed by atoms with Crippen molar-refractivity contribution in [2.24, 2.45) is 0 Å². The number of carbonyl (C=O) groups is 1. The van der Waals surface area contributed by atoms with Crippen molar-refractivity contribution in [3.63, 3.8) is 0 Å². The molecule has 140 valence electrons. The molecular formula is C19H23ClN2O4. The fraction of sp³-hybridized carbons (Fsp3) is 0.368. The monoisotopic (exact) mass is 378 g/mol. The summed E-state index contributed by atoms with van der Waals surface area (Å²) in [7, 11) is 3.03. The molecule has 0 bridgehead atoms. The van der Waals surface area contributed by atoms with Crippen LogP contribution in [0.25, 0.3) is 0 Å². The lowest BCUT2D eigenvalue weighted by Gasteiger charge is -2.27. The Hall–Kier alpha value is -2.15. The minimum absolute atomic E-state index is 0.299. The summed E-state index contributed by atoms with van der Waals surface area (Å²) in [5.74, 6) is 0.303. The first kappa shape index (κ1) is 20.2. The number of amides is 1. The normalized spacial score (nSPS) is 13.3. The summed E-state index contributed by atoms with van der Waals surface area (Å²) in [6.07, 6.45) is 1.94. The first-order chi connectivity index (χ1) is 12.5. The van der Waals surface area contributed by atoms with Crippen LogP contribution in [0.4, 0.5) is 0 Å². The topological polar surface area (TPSA) is 69.7 Å². The SMILES string of the molecule is COC(OC)C(NC(=O)C(C)Oc1ccc(Cl)cc1C)c1cccnc1. The molecular weight excluding hydrogens is 356 g/mol. The van der Waals surface area contributed by atoms with Crippen LogP contribution in [0, 0.1) is 6.92 Å². The fourth-order valence-electron chi connectivity index (χ4n) is 2.50. The summed E-state index contributed by atoms with van der Waals surface area (Å²) in [5, 5.41) is 3.52. The van der Waals surface area contributed by atoms with E-state index >= 15 is 0 Å². The van der Waals surface area contributed by atoms with E-state index in [9.17, 15) is 4.79 Å². The van der Waals surface area contributed by atoms with Gasteiger partial charge in [0.25, 0.3) is 5.91 Å². The minimum atomic E-state index is -0.719. The van der Waals surface area contributed by atoms with Crippen LogP contribution in [0.15, 0.2) is 42.7 Å². The van der Waals surface area contributed by atoms with E-state index < -0.39 is 18.4 Å². The van der Waals surface area contributed by atoms with Crippen molar-refractivity contribution in [2.45, 2.75) is 32.3 Å². The van der Waals surface area contributed by atoms with E-state index in [1.165, 1.54) is 14.2 Å². The van der Waals surface area contributed by atoms with Crippen LogP contribution < -0.4 is 10.1 Å². The largest absolute Gasteiger partial charge is 0.481 e. The van der Waals surface area contributed by atoms with Crippen molar-refractivity contribution in [3.8, 4) is 5.75 Å². The molecule has 0 saturated carbocycles. The Morgan fingerprint density at radius 1 is 1.23 bits per heavy atom. The van der Waals surface area contributed by atoms with Gasteiger partial charge in [0.1, 0.15) is 11.8 Å².